The number of anilines is 1. The van der Waals surface area contributed by atoms with Gasteiger partial charge >= 0.3 is 0 Å². The molecule has 0 radical (unpaired) electrons. The topological polar surface area (TPSA) is 71.8 Å². The van der Waals surface area contributed by atoms with E-state index in [1.165, 1.54) is 25.7 Å². The van der Waals surface area contributed by atoms with Crippen molar-refractivity contribution in [3.8, 4) is 0 Å². The zero-order valence-electron chi connectivity index (χ0n) is 13.5. The van der Waals surface area contributed by atoms with Crippen molar-refractivity contribution in [2.24, 2.45) is 0 Å². The first-order valence-corrected chi connectivity index (χ1v) is 8.28. The summed E-state index contributed by atoms with van der Waals surface area (Å²) < 4.78 is 2.09. The molecular weight excluding hydrogens is 290 g/mol. The molecule has 2 aromatic rings. The van der Waals surface area contributed by atoms with Gasteiger partial charge in [0.1, 0.15) is 5.82 Å². The summed E-state index contributed by atoms with van der Waals surface area (Å²) in [6.07, 6.45) is 8.73. The number of amides is 1. The van der Waals surface area contributed by atoms with E-state index in [1.54, 1.807) is 12.3 Å². The summed E-state index contributed by atoms with van der Waals surface area (Å²) in [5.41, 5.74) is 1.58. The van der Waals surface area contributed by atoms with E-state index >= 15 is 0 Å². The Morgan fingerprint density at radius 3 is 2.83 bits per heavy atom. The molecule has 1 amide bonds. The van der Waals surface area contributed by atoms with Crippen LogP contribution in [0.3, 0.4) is 0 Å². The zero-order valence-corrected chi connectivity index (χ0v) is 13.5. The maximum atomic E-state index is 11.7. The van der Waals surface area contributed by atoms with Crippen LogP contribution in [0.15, 0.2) is 30.6 Å². The van der Waals surface area contributed by atoms with Gasteiger partial charge in [0.25, 0.3) is 5.91 Å². The third-order valence-electron chi connectivity index (χ3n) is 4.18. The van der Waals surface area contributed by atoms with Gasteiger partial charge in [0.05, 0.1) is 23.8 Å². The second kappa shape index (κ2) is 7.26. The van der Waals surface area contributed by atoms with E-state index < -0.39 is 0 Å². The minimum atomic E-state index is -0.0955. The Labute approximate surface area is 136 Å². The molecule has 0 unspecified atom stereocenters. The summed E-state index contributed by atoms with van der Waals surface area (Å²) in [7, 11) is 0. The van der Waals surface area contributed by atoms with Gasteiger partial charge in [-0.1, -0.05) is 12.8 Å². The number of pyridine rings is 1. The molecule has 0 atom stereocenters. The van der Waals surface area contributed by atoms with Gasteiger partial charge in [-0.15, -0.1) is 0 Å². The lowest BCUT2D eigenvalue weighted by molar-refractivity contribution is 0.0955. The van der Waals surface area contributed by atoms with Gasteiger partial charge in [-0.25, -0.2) is 4.98 Å². The van der Waals surface area contributed by atoms with E-state index in [0.717, 1.165) is 11.5 Å². The molecule has 0 saturated heterocycles. The van der Waals surface area contributed by atoms with E-state index in [9.17, 15) is 4.79 Å². The number of hydrogen-bond acceptors (Lipinski definition) is 4. The highest BCUT2D eigenvalue weighted by atomic mass is 16.1. The Bertz CT molecular complexity index is 643. The third kappa shape index (κ3) is 3.88. The lowest BCUT2D eigenvalue weighted by Crippen LogP contribution is -2.22. The standard InChI is InChI=1S/C17H23N5O/c1-2-18-17(23)13-7-8-16(19-11-13)20-12-14-9-10-22(21-14)15-5-3-4-6-15/h7-11,15H,2-6,12H2,1H3,(H,18,23)(H,19,20). The molecule has 1 aliphatic carbocycles. The van der Waals surface area contributed by atoms with Gasteiger partial charge in [-0.05, 0) is 38.0 Å². The molecule has 1 fully saturated rings. The Morgan fingerprint density at radius 2 is 2.13 bits per heavy atom. The van der Waals surface area contributed by atoms with Crippen LogP contribution in [-0.4, -0.2) is 27.2 Å². The first-order valence-electron chi connectivity index (χ1n) is 8.28. The maximum Gasteiger partial charge on any atom is 0.252 e. The Morgan fingerprint density at radius 1 is 1.30 bits per heavy atom. The molecule has 1 saturated carbocycles. The first kappa shape index (κ1) is 15.5. The van der Waals surface area contributed by atoms with Crippen molar-refractivity contribution < 1.29 is 4.79 Å². The smallest absolute Gasteiger partial charge is 0.252 e. The van der Waals surface area contributed by atoms with Gasteiger partial charge in [0, 0.05) is 18.9 Å². The van der Waals surface area contributed by atoms with Crippen LogP contribution >= 0.6 is 0 Å². The van der Waals surface area contributed by atoms with E-state index in [4.69, 9.17) is 0 Å². The molecule has 3 rings (SSSR count). The summed E-state index contributed by atoms with van der Waals surface area (Å²) in [4.78, 5) is 16.0. The van der Waals surface area contributed by atoms with Gasteiger partial charge in [-0.2, -0.15) is 5.10 Å². The first-order chi connectivity index (χ1) is 11.3. The number of rotatable bonds is 6. The molecule has 122 valence electrons. The van der Waals surface area contributed by atoms with Crippen LogP contribution in [0, 0.1) is 0 Å². The molecule has 2 heterocycles. The minimum Gasteiger partial charge on any atom is -0.364 e. The summed E-state index contributed by atoms with van der Waals surface area (Å²) in [6.45, 7) is 3.14. The minimum absolute atomic E-state index is 0.0955. The molecule has 0 spiro atoms. The van der Waals surface area contributed by atoms with Gasteiger partial charge in [0.15, 0.2) is 0 Å². The fraction of sp³-hybridized carbons (Fsp3) is 0.471. The van der Waals surface area contributed by atoms with Crippen molar-refractivity contribution in [1.82, 2.24) is 20.1 Å². The summed E-state index contributed by atoms with van der Waals surface area (Å²) >= 11 is 0. The maximum absolute atomic E-state index is 11.7. The highest BCUT2D eigenvalue weighted by molar-refractivity contribution is 5.93. The van der Waals surface area contributed by atoms with Crippen molar-refractivity contribution >= 4 is 11.7 Å². The van der Waals surface area contributed by atoms with Crippen LogP contribution < -0.4 is 10.6 Å². The zero-order chi connectivity index (χ0) is 16.1. The van der Waals surface area contributed by atoms with Crippen LogP contribution in [0.5, 0.6) is 0 Å². The normalized spacial score (nSPS) is 14.8. The average Bonchev–Trinajstić information content (AvgIpc) is 3.25. The Balaban J connectivity index is 1.54. The van der Waals surface area contributed by atoms with Crippen LogP contribution in [0.1, 0.15) is 54.7 Å². The monoisotopic (exact) mass is 313 g/mol. The molecule has 6 nitrogen and oxygen atoms in total. The molecule has 0 bridgehead atoms. The van der Waals surface area contributed by atoms with Crippen LogP contribution in [0.25, 0.3) is 0 Å². The number of hydrogen-bond donors (Lipinski definition) is 2. The quantitative estimate of drug-likeness (QED) is 0.860. The second-order valence-electron chi connectivity index (χ2n) is 5.87. The molecule has 1 aliphatic rings. The third-order valence-corrected chi connectivity index (χ3v) is 4.18. The summed E-state index contributed by atoms with van der Waals surface area (Å²) in [5.74, 6) is 0.648. The second-order valence-corrected chi connectivity index (χ2v) is 5.87. The van der Waals surface area contributed by atoms with Crippen molar-refractivity contribution in [3.63, 3.8) is 0 Å². The predicted octanol–water partition coefficient (Wildman–Crippen LogP) is 2.76. The number of aromatic nitrogens is 3. The Kier molecular flexibility index (Phi) is 4.90. The van der Waals surface area contributed by atoms with E-state index in [0.29, 0.717) is 24.7 Å². The Hall–Kier alpha value is -2.37. The molecule has 0 aromatic carbocycles. The van der Waals surface area contributed by atoms with Gasteiger partial charge < -0.3 is 10.6 Å². The number of nitrogens with zero attached hydrogens (tertiary/aromatic N) is 3. The molecule has 6 heteroatoms. The summed E-state index contributed by atoms with van der Waals surface area (Å²) in [5, 5.41) is 10.6. The molecule has 23 heavy (non-hydrogen) atoms. The van der Waals surface area contributed by atoms with Crippen molar-refractivity contribution in [1.29, 1.82) is 0 Å². The predicted molar refractivity (Wildman–Crippen MR) is 89.3 cm³/mol. The van der Waals surface area contributed by atoms with Gasteiger partial charge in [-0.3, -0.25) is 9.48 Å². The fourth-order valence-electron chi connectivity index (χ4n) is 2.92. The largest absolute Gasteiger partial charge is 0.364 e. The van der Waals surface area contributed by atoms with Crippen LogP contribution in [-0.2, 0) is 6.54 Å². The van der Waals surface area contributed by atoms with Crippen LogP contribution in [0.4, 0.5) is 5.82 Å². The van der Waals surface area contributed by atoms with E-state index in [-0.39, 0.29) is 5.91 Å². The van der Waals surface area contributed by atoms with E-state index in [2.05, 4.69) is 31.6 Å². The van der Waals surface area contributed by atoms with Crippen molar-refractivity contribution in [2.45, 2.75) is 45.2 Å². The lowest BCUT2D eigenvalue weighted by Gasteiger charge is -2.09. The van der Waals surface area contributed by atoms with Crippen molar-refractivity contribution in [3.05, 3.63) is 41.9 Å². The SMILES string of the molecule is CCNC(=O)c1ccc(NCc2ccn(C3CCCC3)n2)nc1. The number of carbonyl (C=O) groups excluding carboxylic acids is 1. The summed E-state index contributed by atoms with van der Waals surface area (Å²) in [6, 6.07) is 6.21. The fourth-order valence-corrected chi connectivity index (χ4v) is 2.92. The average molecular weight is 313 g/mol. The lowest BCUT2D eigenvalue weighted by atomic mass is 10.2. The van der Waals surface area contributed by atoms with Gasteiger partial charge in [0.2, 0.25) is 0 Å². The molecule has 0 aliphatic heterocycles. The molecular formula is C17H23N5O. The molecule has 2 N–H and O–H groups in total. The highest BCUT2D eigenvalue weighted by Gasteiger charge is 2.17. The number of carbonyl (C=O) groups is 1. The van der Waals surface area contributed by atoms with Crippen molar-refractivity contribution in [2.75, 3.05) is 11.9 Å². The van der Waals surface area contributed by atoms with E-state index in [1.807, 2.05) is 19.1 Å². The van der Waals surface area contributed by atoms with Crippen LogP contribution in [0.2, 0.25) is 0 Å². The number of nitrogens with one attached hydrogen (secondary N) is 2. The molecule has 2 aromatic heterocycles. The highest BCUT2D eigenvalue weighted by Crippen LogP contribution is 2.28.